The molecule has 4 rings (SSSR count). The Hall–Kier alpha value is -2.90. The van der Waals surface area contributed by atoms with E-state index in [9.17, 15) is 9.59 Å². The number of piperazine rings is 1. The summed E-state index contributed by atoms with van der Waals surface area (Å²) in [7, 11) is 4.28. The molecule has 0 saturated carbocycles. The molecule has 2 heterocycles. The van der Waals surface area contributed by atoms with Gasteiger partial charge in [-0.05, 0) is 68.1 Å². The van der Waals surface area contributed by atoms with Crippen LogP contribution < -0.4 is 15.5 Å². The SMILES string of the molecule is Cc1ccc(C)c(NC(=O)C(=O)NC[C@H](c2ccc3c(c2)CCCN3C)N2CCN(C)CC2)c1. The Kier molecular flexibility index (Phi) is 7.54. The van der Waals surface area contributed by atoms with Gasteiger partial charge in [0.15, 0.2) is 0 Å². The number of carbonyl (C=O) groups is 2. The van der Waals surface area contributed by atoms with Crippen LogP contribution in [-0.2, 0) is 16.0 Å². The summed E-state index contributed by atoms with van der Waals surface area (Å²) < 4.78 is 0. The number of amides is 2. The van der Waals surface area contributed by atoms with E-state index < -0.39 is 11.8 Å². The van der Waals surface area contributed by atoms with Gasteiger partial charge in [0.25, 0.3) is 0 Å². The van der Waals surface area contributed by atoms with Gasteiger partial charge in [-0.3, -0.25) is 14.5 Å². The third-order valence-corrected chi connectivity index (χ3v) is 7.12. The van der Waals surface area contributed by atoms with Gasteiger partial charge in [0.05, 0.1) is 6.04 Å². The molecule has 1 fully saturated rings. The monoisotopic (exact) mass is 463 g/mol. The number of hydrogen-bond acceptors (Lipinski definition) is 5. The lowest BCUT2D eigenvalue weighted by atomic mass is 9.95. The van der Waals surface area contributed by atoms with Crippen molar-refractivity contribution in [1.29, 1.82) is 0 Å². The third-order valence-electron chi connectivity index (χ3n) is 7.12. The van der Waals surface area contributed by atoms with Gasteiger partial charge in [0.1, 0.15) is 0 Å². The standard InChI is InChI=1S/C27H37N5O2/c1-19-7-8-20(2)23(16-19)29-27(34)26(33)28-18-25(32-14-12-30(3)13-15-32)22-9-10-24-21(17-22)6-5-11-31(24)4/h7-10,16-17,25H,5-6,11-15,18H2,1-4H3,(H,28,33)(H,29,34)/t25-/m1/s1. The maximum Gasteiger partial charge on any atom is 0.313 e. The van der Waals surface area contributed by atoms with Crippen LogP contribution in [0.3, 0.4) is 0 Å². The van der Waals surface area contributed by atoms with Crippen molar-refractivity contribution in [2.45, 2.75) is 32.7 Å². The molecule has 182 valence electrons. The molecular formula is C27H37N5O2. The molecule has 2 aromatic rings. The largest absolute Gasteiger partial charge is 0.374 e. The molecule has 7 nitrogen and oxygen atoms in total. The average molecular weight is 464 g/mol. The molecule has 2 aromatic carbocycles. The molecule has 0 aromatic heterocycles. The Balaban J connectivity index is 1.48. The molecule has 0 unspecified atom stereocenters. The number of nitrogens with one attached hydrogen (secondary N) is 2. The first kappa shape index (κ1) is 24.2. The minimum absolute atomic E-state index is 0.0312. The van der Waals surface area contributed by atoms with E-state index in [0.29, 0.717) is 12.2 Å². The van der Waals surface area contributed by atoms with Gasteiger partial charge in [-0.15, -0.1) is 0 Å². The van der Waals surface area contributed by atoms with Crippen LogP contribution in [0.25, 0.3) is 0 Å². The summed E-state index contributed by atoms with van der Waals surface area (Å²) in [5.41, 5.74) is 6.51. The predicted octanol–water partition coefficient (Wildman–Crippen LogP) is 2.73. The first-order valence-corrected chi connectivity index (χ1v) is 12.2. The number of benzene rings is 2. The zero-order valence-electron chi connectivity index (χ0n) is 20.9. The van der Waals surface area contributed by atoms with Crippen molar-refractivity contribution in [1.82, 2.24) is 15.1 Å². The average Bonchev–Trinajstić information content (AvgIpc) is 2.82. The van der Waals surface area contributed by atoms with Crippen molar-refractivity contribution >= 4 is 23.2 Å². The maximum atomic E-state index is 12.7. The number of hydrogen-bond donors (Lipinski definition) is 2. The molecule has 1 atom stereocenters. The summed E-state index contributed by atoms with van der Waals surface area (Å²) in [6.07, 6.45) is 2.23. The molecule has 2 amide bonds. The van der Waals surface area contributed by atoms with Crippen molar-refractivity contribution in [3.63, 3.8) is 0 Å². The maximum absolute atomic E-state index is 12.7. The van der Waals surface area contributed by atoms with Crippen LogP contribution in [0.1, 0.15) is 34.7 Å². The molecule has 0 bridgehead atoms. The Morgan fingerprint density at radius 2 is 1.71 bits per heavy atom. The van der Waals surface area contributed by atoms with E-state index in [2.05, 4.69) is 57.6 Å². The van der Waals surface area contributed by atoms with E-state index in [1.165, 1.54) is 16.8 Å². The second-order valence-corrected chi connectivity index (χ2v) is 9.75. The Morgan fingerprint density at radius 1 is 0.941 bits per heavy atom. The smallest absolute Gasteiger partial charge is 0.313 e. The van der Waals surface area contributed by atoms with Gasteiger partial charge in [-0.2, -0.15) is 0 Å². The van der Waals surface area contributed by atoms with E-state index >= 15 is 0 Å². The van der Waals surface area contributed by atoms with Gasteiger partial charge in [-0.25, -0.2) is 0 Å². The molecule has 1 saturated heterocycles. The van der Waals surface area contributed by atoms with Crippen molar-refractivity contribution < 1.29 is 9.59 Å². The highest BCUT2D eigenvalue weighted by Crippen LogP contribution is 2.31. The molecule has 2 aliphatic heterocycles. The first-order chi connectivity index (χ1) is 16.3. The molecule has 34 heavy (non-hydrogen) atoms. The van der Waals surface area contributed by atoms with E-state index in [1.807, 2.05) is 32.0 Å². The number of likely N-dealkylation sites (N-methyl/N-ethyl adjacent to an activating group) is 1. The van der Waals surface area contributed by atoms with Crippen molar-refractivity contribution in [3.05, 3.63) is 58.7 Å². The third kappa shape index (κ3) is 5.59. The quantitative estimate of drug-likeness (QED) is 0.668. The molecule has 0 aliphatic carbocycles. The first-order valence-electron chi connectivity index (χ1n) is 12.2. The summed E-state index contributed by atoms with van der Waals surface area (Å²) in [5, 5.41) is 5.68. The summed E-state index contributed by atoms with van der Waals surface area (Å²) in [6.45, 7) is 9.22. The molecule has 2 N–H and O–H groups in total. The molecule has 0 spiro atoms. The van der Waals surface area contributed by atoms with Crippen LogP contribution >= 0.6 is 0 Å². The van der Waals surface area contributed by atoms with Crippen LogP contribution in [-0.4, -0.2) is 75.0 Å². The van der Waals surface area contributed by atoms with Crippen LogP contribution in [0.5, 0.6) is 0 Å². The lowest BCUT2D eigenvalue weighted by Gasteiger charge is -2.39. The summed E-state index contributed by atoms with van der Waals surface area (Å²) in [4.78, 5) is 32.4. The van der Waals surface area contributed by atoms with E-state index in [-0.39, 0.29) is 6.04 Å². The van der Waals surface area contributed by atoms with Crippen LogP contribution in [0.15, 0.2) is 36.4 Å². The fraction of sp³-hybridized carbons (Fsp3) is 0.481. The van der Waals surface area contributed by atoms with E-state index in [0.717, 1.165) is 56.7 Å². The lowest BCUT2D eigenvalue weighted by Crippen LogP contribution is -2.49. The molecule has 2 aliphatic rings. The van der Waals surface area contributed by atoms with Gasteiger partial charge in [-0.1, -0.05) is 24.3 Å². The molecule has 7 heteroatoms. The number of rotatable bonds is 5. The fourth-order valence-corrected chi connectivity index (χ4v) is 4.92. The highest BCUT2D eigenvalue weighted by molar-refractivity contribution is 6.39. The zero-order valence-corrected chi connectivity index (χ0v) is 20.9. The van der Waals surface area contributed by atoms with E-state index in [1.54, 1.807) is 0 Å². The Bertz CT molecular complexity index is 1050. The number of carbonyl (C=O) groups excluding carboxylic acids is 2. The summed E-state index contributed by atoms with van der Waals surface area (Å²) >= 11 is 0. The highest BCUT2D eigenvalue weighted by atomic mass is 16.2. The minimum Gasteiger partial charge on any atom is -0.374 e. The van der Waals surface area contributed by atoms with Crippen molar-refractivity contribution in [2.24, 2.45) is 0 Å². The Morgan fingerprint density at radius 3 is 2.47 bits per heavy atom. The van der Waals surface area contributed by atoms with Gasteiger partial charge in [0.2, 0.25) is 0 Å². The van der Waals surface area contributed by atoms with Crippen LogP contribution in [0.2, 0.25) is 0 Å². The second kappa shape index (κ2) is 10.6. The number of aryl methyl sites for hydroxylation is 3. The summed E-state index contributed by atoms with van der Waals surface area (Å²) in [5.74, 6) is -1.23. The summed E-state index contributed by atoms with van der Waals surface area (Å²) in [6, 6.07) is 12.5. The van der Waals surface area contributed by atoms with Crippen LogP contribution in [0.4, 0.5) is 11.4 Å². The Labute approximate surface area is 203 Å². The second-order valence-electron chi connectivity index (χ2n) is 9.75. The normalized spacial score (nSPS) is 17.7. The van der Waals surface area contributed by atoms with E-state index in [4.69, 9.17) is 0 Å². The highest BCUT2D eigenvalue weighted by Gasteiger charge is 2.27. The molecule has 0 radical (unpaired) electrons. The minimum atomic E-state index is -0.627. The van der Waals surface area contributed by atoms with Crippen molar-refractivity contribution in [2.75, 3.05) is 63.6 Å². The van der Waals surface area contributed by atoms with Crippen molar-refractivity contribution in [3.8, 4) is 0 Å². The number of fused-ring (bicyclic) bond motifs is 1. The zero-order chi connectivity index (χ0) is 24.2. The van der Waals surface area contributed by atoms with Crippen LogP contribution in [0, 0.1) is 13.8 Å². The van der Waals surface area contributed by atoms with Gasteiger partial charge < -0.3 is 20.4 Å². The number of nitrogens with zero attached hydrogens (tertiary/aromatic N) is 3. The van der Waals surface area contributed by atoms with Gasteiger partial charge >= 0.3 is 11.8 Å². The lowest BCUT2D eigenvalue weighted by molar-refractivity contribution is -0.136. The number of anilines is 2. The fourth-order valence-electron chi connectivity index (χ4n) is 4.92. The van der Waals surface area contributed by atoms with Gasteiger partial charge in [0, 0.05) is 57.7 Å². The molecular weight excluding hydrogens is 426 g/mol. The predicted molar refractivity (Wildman–Crippen MR) is 137 cm³/mol. The topological polar surface area (TPSA) is 67.9 Å².